The normalized spacial score (nSPS) is 28.4. The third-order valence-corrected chi connectivity index (χ3v) is 3.75. The number of carboxylic acids is 1. The molecule has 1 fully saturated rings. The minimum absolute atomic E-state index is 0.0523. The van der Waals surface area contributed by atoms with Crippen molar-refractivity contribution < 1.29 is 19.8 Å². The maximum absolute atomic E-state index is 11.9. The number of hydrogen-bond donors (Lipinski definition) is 4. The molecule has 0 aromatic rings. The molecule has 1 aliphatic rings. The van der Waals surface area contributed by atoms with E-state index < -0.39 is 30.1 Å². The van der Waals surface area contributed by atoms with Crippen LogP contribution in [0.25, 0.3) is 0 Å². The molecule has 0 aliphatic carbocycles. The number of carbonyl (C=O) groups excluding carboxylic acids is 1. The maximum atomic E-state index is 11.9. The van der Waals surface area contributed by atoms with Gasteiger partial charge in [-0.3, -0.25) is 9.59 Å². The predicted octanol–water partition coefficient (Wildman–Crippen LogP) is -2.62. The minimum atomic E-state index is -1.42. The van der Waals surface area contributed by atoms with Gasteiger partial charge in [0.1, 0.15) is 19.4 Å². The lowest BCUT2D eigenvalue weighted by molar-refractivity contribution is -0.144. The molecule has 108 valence electrons. The summed E-state index contributed by atoms with van der Waals surface area (Å²) in [6, 6.07) is -1.01. The predicted molar refractivity (Wildman–Crippen MR) is 72.3 cm³/mol. The van der Waals surface area contributed by atoms with Gasteiger partial charge >= 0.3 is 5.97 Å². The fraction of sp³-hybridized carbons (Fsp3) is 0.818. The molecule has 0 unspecified atom stereocenters. The molecule has 0 spiro atoms. The molecule has 0 radical (unpaired) electrons. The van der Waals surface area contributed by atoms with Crippen molar-refractivity contribution in [1.29, 1.82) is 0 Å². The van der Waals surface area contributed by atoms with Crippen LogP contribution in [0.2, 0.25) is 6.32 Å². The van der Waals surface area contributed by atoms with Gasteiger partial charge < -0.3 is 26.6 Å². The first kappa shape index (κ1) is 15.9. The zero-order valence-electron chi connectivity index (χ0n) is 11.2. The van der Waals surface area contributed by atoms with Gasteiger partial charge in [-0.25, -0.2) is 0 Å². The van der Waals surface area contributed by atoms with Gasteiger partial charge in [-0.2, -0.15) is 0 Å². The van der Waals surface area contributed by atoms with Crippen molar-refractivity contribution in [1.82, 2.24) is 4.90 Å². The summed E-state index contributed by atoms with van der Waals surface area (Å²) in [5.41, 5.74) is 10.0. The number of carboxylic acid groups (broad SMARTS) is 1. The number of rotatable bonds is 6. The Morgan fingerprint density at radius 3 is 2.63 bits per heavy atom. The third kappa shape index (κ3) is 3.26. The average Bonchev–Trinajstić information content (AvgIpc) is 2.73. The van der Waals surface area contributed by atoms with Crippen LogP contribution in [0.15, 0.2) is 0 Å². The summed E-state index contributed by atoms with van der Waals surface area (Å²) in [5, 5.41) is 18.2. The number of hydrogen-bond acceptors (Lipinski definition) is 5. The average molecular weight is 271 g/mol. The van der Waals surface area contributed by atoms with Crippen molar-refractivity contribution in [3.8, 4) is 0 Å². The van der Waals surface area contributed by atoms with Crippen LogP contribution in [-0.4, -0.2) is 66.1 Å². The highest BCUT2D eigenvalue weighted by molar-refractivity contribution is 6.08. The lowest BCUT2D eigenvalue weighted by Crippen LogP contribution is -2.55. The second kappa shape index (κ2) is 6.36. The van der Waals surface area contributed by atoms with E-state index in [1.165, 1.54) is 4.90 Å². The largest absolute Gasteiger partial charge is 0.480 e. The van der Waals surface area contributed by atoms with E-state index in [9.17, 15) is 14.7 Å². The standard InChI is InChI=1S/C11H22BN3O4/c12-3-1-2-7-4-15(9(17)8(13)5-16)6-11(7,14)10(18)19/h7-8,16H,1-6,12-14H2,(H,18,19)/t7-,8-,11-/m0/s1. The molecular formula is C11H22BN3O4. The lowest BCUT2D eigenvalue weighted by atomic mass is 9.83. The van der Waals surface area contributed by atoms with Gasteiger partial charge in [0.15, 0.2) is 0 Å². The summed E-state index contributed by atoms with van der Waals surface area (Å²) < 4.78 is 0. The summed E-state index contributed by atoms with van der Waals surface area (Å²) in [5.74, 6) is -1.82. The Morgan fingerprint density at radius 1 is 1.53 bits per heavy atom. The molecule has 1 rings (SSSR count). The maximum Gasteiger partial charge on any atom is 0.325 e. The summed E-state index contributed by atoms with van der Waals surface area (Å²) in [7, 11) is 2.01. The molecular weight excluding hydrogens is 249 g/mol. The van der Waals surface area contributed by atoms with E-state index in [1.807, 2.05) is 7.85 Å². The highest BCUT2D eigenvalue weighted by Gasteiger charge is 2.50. The summed E-state index contributed by atoms with van der Waals surface area (Å²) in [6.45, 7) is -0.224. The quantitative estimate of drug-likeness (QED) is 0.391. The Labute approximate surface area is 113 Å². The van der Waals surface area contributed by atoms with Crippen LogP contribution in [0.1, 0.15) is 12.8 Å². The van der Waals surface area contributed by atoms with Crippen molar-refractivity contribution in [3.05, 3.63) is 0 Å². The molecule has 0 aromatic carbocycles. The van der Waals surface area contributed by atoms with Crippen molar-refractivity contribution >= 4 is 19.7 Å². The first-order valence-corrected chi connectivity index (χ1v) is 6.54. The smallest absolute Gasteiger partial charge is 0.325 e. The van der Waals surface area contributed by atoms with E-state index in [-0.39, 0.29) is 19.0 Å². The molecule has 0 bridgehead atoms. The van der Waals surface area contributed by atoms with Crippen molar-refractivity contribution in [2.75, 3.05) is 19.7 Å². The second-order valence-electron chi connectivity index (χ2n) is 5.19. The van der Waals surface area contributed by atoms with Gasteiger partial charge in [0.25, 0.3) is 0 Å². The Hall–Kier alpha value is -1.12. The van der Waals surface area contributed by atoms with Gasteiger partial charge in [0, 0.05) is 19.0 Å². The molecule has 6 N–H and O–H groups in total. The molecule has 1 aliphatic heterocycles. The Morgan fingerprint density at radius 2 is 2.16 bits per heavy atom. The van der Waals surface area contributed by atoms with Crippen molar-refractivity contribution in [3.63, 3.8) is 0 Å². The molecule has 1 amide bonds. The number of aliphatic hydroxyl groups excluding tert-OH is 1. The minimum Gasteiger partial charge on any atom is -0.480 e. The van der Waals surface area contributed by atoms with Crippen molar-refractivity contribution in [2.45, 2.75) is 30.7 Å². The topological polar surface area (TPSA) is 130 Å². The van der Waals surface area contributed by atoms with Crippen LogP contribution in [0.4, 0.5) is 0 Å². The number of aliphatic hydroxyl groups is 1. The summed E-state index contributed by atoms with van der Waals surface area (Å²) in [4.78, 5) is 24.6. The summed E-state index contributed by atoms with van der Waals surface area (Å²) in [6.07, 6.45) is 2.47. The molecule has 19 heavy (non-hydrogen) atoms. The molecule has 0 aromatic heterocycles. The van der Waals surface area contributed by atoms with Crippen LogP contribution >= 0.6 is 0 Å². The van der Waals surface area contributed by atoms with E-state index in [2.05, 4.69) is 0 Å². The zero-order valence-corrected chi connectivity index (χ0v) is 11.2. The van der Waals surface area contributed by atoms with Gasteiger partial charge in [-0.1, -0.05) is 12.7 Å². The van der Waals surface area contributed by atoms with Gasteiger partial charge in [0.2, 0.25) is 5.91 Å². The Kier molecular flexibility index (Phi) is 5.33. The summed E-state index contributed by atoms with van der Waals surface area (Å²) >= 11 is 0. The Balaban J connectivity index is 2.82. The molecule has 3 atom stereocenters. The van der Waals surface area contributed by atoms with Crippen LogP contribution in [0, 0.1) is 5.92 Å². The van der Waals surface area contributed by atoms with Crippen LogP contribution in [0.3, 0.4) is 0 Å². The number of aliphatic carboxylic acids is 1. The SMILES string of the molecule is BCCC[C@H]1CN(C(=O)[C@@H](N)CO)C[C@@]1(N)C(=O)O. The van der Waals surface area contributed by atoms with E-state index in [4.69, 9.17) is 16.6 Å². The fourth-order valence-corrected chi connectivity index (χ4v) is 2.46. The first-order chi connectivity index (χ1) is 8.86. The van der Waals surface area contributed by atoms with Crippen LogP contribution in [0.5, 0.6) is 0 Å². The fourth-order valence-electron chi connectivity index (χ4n) is 2.46. The number of amides is 1. The van der Waals surface area contributed by atoms with Gasteiger partial charge in [0.05, 0.1) is 6.61 Å². The zero-order chi connectivity index (χ0) is 14.6. The van der Waals surface area contributed by atoms with E-state index in [1.54, 1.807) is 0 Å². The number of likely N-dealkylation sites (tertiary alicyclic amines) is 1. The number of nitrogens with two attached hydrogens (primary N) is 2. The van der Waals surface area contributed by atoms with Gasteiger partial charge in [-0.05, 0) is 6.42 Å². The van der Waals surface area contributed by atoms with Crippen LogP contribution in [-0.2, 0) is 9.59 Å². The highest BCUT2D eigenvalue weighted by atomic mass is 16.4. The lowest BCUT2D eigenvalue weighted by Gasteiger charge is -2.25. The molecule has 1 saturated heterocycles. The number of carbonyl (C=O) groups is 2. The Bertz CT molecular complexity index is 355. The van der Waals surface area contributed by atoms with Gasteiger partial charge in [-0.15, -0.1) is 0 Å². The third-order valence-electron chi connectivity index (χ3n) is 3.75. The number of nitrogens with zero attached hydrogens (tertiary/aromatic N) is 1. The van der Waals surface area contributed by atoms with E-state index in [0.717, 1.165) is 12.7 Å². The van der Waals surface area contributed by atoms with Crippen LogP contribution < -0.4 is 11.5 Å². The van der Waals surface area contributed by atoms with Crippen molar-refractivity contribution in [2.24, 2.45) is 17.4 Å². The molecule has 7 nitrogen and oxygen atoms in total. The first-order valence-electron chi connectivity index (χ1n) is 6.54. The monoisotopic (exact) mass is 271 g/mol. The molecule has 0 saturated carbocycles. The molecule has 8 heteroatoms. The highest BCUT2D eigenvalue weighted by Crippen LogP contribution is 2.30. The second-order valence-corrected chi connectivity index (χ2v) is 5.19. The van der Waals surface area contributed by atoms with E-state index in [0.29, 0.717) is 6.42 Å². The van der Waals surface area contributed by atoms with E-state index >= 15 is 0 Å². The molecule has 1 heterocycles.